The molecule has 1 saturated carbocycles. The van der Waals surface area contributed by atoms with E-state index in [2.05, 4.69) is 10.2 Å². The molecular formula is C33H33FN4O3S. The molecule has 1 aliphatic carbocycles. The molecule has 1 N–H and O–H groups in total. The predicted octanol–water partition coefficient (Wildman–Crippen LogP) is 6.72. The second kappa shape index (κ2) is 12.0. The highest BCUT2D eigenvalue weighted by molar-refractivity contribution is 7.17. The topological polar surface area (TPSA) is 74.8 Å². The maximum atomic E-state index is 14.4. The Balaban J connectivity index is 1.28. The summed E-state index contributed by atoms with van der Waals surface area (Å²) in [5.74, 6) is -0.177. The van der Waals surface area contributed by atoms with Gasteiger partial charge in [-0.2, -0.15) is 0 Å². The molecule has 2 aromatic carbocycles. The zero-order valence-corrected chi connectivity index (χ0v) is 24.5. The Kier molecular flexibility index (Phi) is 8.04. The summed E-state index contributed by atoms with van der Waals surface area (Å²) in [5, 5.41) is 2.75. The van der Waals surface area contributed by atoms with E-state index >= 15 is 0 Å². The number of halogens is 1. The van der Waals surface area contributed by atoms with Crippen LogP contribution in [0.3, 0.4) is 0 Å². The van der Waals surface area contributed by atoms with E-state index in [0.29, 0.717) is 41.7 Å². The number of methoxy groups -OCH3 is 1. The maximum Gasteiger partial charge on any atom is 0.276 e. The van der Waals surface area contributed by atoms with Gasteiger partial charge in [-0.15, -0.1) is 11.3 Å². The lowest BCUT2D eigenvalue weighted by Crippen LogP contribution is -2.43. The average Bonchev–Trinajstić information content (AvgIpc) is 3.34. The lowest BCUT2D eigenvalue weighted by atomic mass is 9.91. The Bertz CT molecular complexity index is 1610. The summed E-state index contributed by atoms with van der Waals surface area (Å²) in [6.45, 7) is 3.53. The fraction of sp³-hybridized carbons (Fsp3) is 0.303. The Hall–Kier alpha value is -4.08. The summed E-state index contributed by atoms with van der Waals surface area (Å²) in [6, 6.07) is 20.4. The van der Waals surface area contributed by atoms with E-state index in [9.17, 15) is 14.0 Å². The first kappa shape index (κ1) is 28.1. The number of thiophene rings is 1. The average molecular weight is 585 g/mol. The fourth-order valence-corrected chi connectivity index (χ4v) is 6.74. The molecule has 42 heavy (non-hydrogen) atoms. The van der Waals surface area contributed by atoms with Crippen LogP contribution in [0.1, 0.15) is 50.5 Å². The Morgan fingerprint density at radius 3 is 2.69 bits per heavy atom. The minimum absolute atomic E-state index is 0.159. The molecule has 1 aliphatic heterocycles. The Morgan fingerprint density at radius 2 is 1.93 bits per heavy atom. The van der Waals surface area contributed by atoms with Crippen molar-refractivity contribution in [3.63, 3.8) is 0 Å². The van der Waals surface area contributed by atoms with E-state index in [1.807, 2.05) is 42.5 Å². The number of rotatable bonds is 8. The van der Waals surface area contributed by atoms with E-state index < -0.39 is 5.82 Å². The Labute approximate surface area is 249 Å². The van der Waals surface area contributed by atoms with Crippen molar-refractivity contribution in [3.05, 3.63) is 94.2 Å². The van der Waals surface area contributed by atoms with Crippen LogP contribution in [0.25, 0.3) is 10.4 Å². The summed E-state index contributed by atoms with van der Waals surface area (Å²) >= 11 is 1.36. The summed E-state index contributed by atoms with van der Waals surface area (Å²) < 4.78 is 19.7. The van der Waals surface area contributed by atoms with Crippen molar-refractivity contribution < 1.29 is 18.7 Å². The van der Waals surface area contributed by atoms with Crippen LogP contribution in [0.15, 0.2) is 66.7 Å². The van der Waals surface area contributed by atoms with Gasteiger partial charge in [-0.05, 0) is 74.1 Å². The second-order valence-corrected chi connectivity index (χ2v) is 11.8. The number of amides is 2. The van der Waals surface area contributed by atoms with Crippen LogP contribution in [0.5, 0.6) is 0 Å². The third kappa shape index (κ3) is 5.42. The van der Waals surface area contributed by atoms with Gasteiger partial charge < -0.3 is 19.9 Å². The van der Waals surface area contributed by atoms with Gasteiger partial charge >= 0.3 is 0 Å². The van der Waals surface area contributed by atoms with Crippen LogP contribution in [-0.4, -0.2) is 49.6 Å². The molecule has 2 aromatic heterocycles. The number of hydrogen-bond donors (Lipinski definition) is 1. The van der Waals surface area contributed by atoms with Crippen LogP contribution in [0.4, 0.5) is 21.6 Å². The van der Waals surface area contributed by atoms with E-state index in [4.69, 9.17) is 9.72 Å². The molecular weight excluding hydrogens is 551 g/mol. The highest BCUT2D eigenvalue weighted by Crippen LogP contribution is 2.42. The van der Waals surface area contributed by atoms with Gasteiger partial charge in [0.2, 0.25) is 0 Å². The first-order valence-corrected chi connectivity index (χ1v) is 15.1. The van der Waals surface area contributed by atoms with Gasteiger partial charge in [-0.3, -0.25) is 9.59 Å². The van der Waals surface area contributed by atoms with Crippen LogP contribution in [0.2, 0.25) is 0 Å². The van der Waals surface area contributed by atoms with Gasteiger partial charge in [0.15, 0.2) is 0 Å². The number of carbonyl (C=O) groups is 2. The summed E-state index contributed by atoms with van der Waals surface area (Å²) in [4.78, 5) is 37.5. The number of para-hydroxylation sites is 2. The molecule has 0 radical (unpaired) electrons. The van der Waals surface area contributed by atoms with E-state index in [1.165, 1.54) is 23.8 Å². The van der Waals surface area contributed by atoms with Crippen molar-refractivity contribution in [3.8, 4) is 10.4 Å². The standard InChI is InChI=1S/C33H33FN4O3S/c1-21-8-5-12-25(34)30(21)36-32(39)28-20-22-16-17-38(27-14-4-3-11-24(27)31(22)42-28)33(40)26-13-7-15-29(35-26)37(18-19-41-2)23-9-6-10-23/h3-5,7-8,11-15,20,23H,6,9-10,16-19H2,1-2H3,(H,36,39). The third-order valence-electron chi connectivity index (χ3n) is 8.08. The number of ether oxygens (including phenoxy) is 1. The van der Waals surface area contributed by atoms with Crippen molar-refractivity contribution in [1.82, 2.24) is 4.98 Å². The van der Waals surface area contributed by atoms with Gasteiger partial charge in [0, 0.05) is 36.7 Å². The summed E-state index contributed by atoms with van der Waals surface area (Å²) in [6.07, 6.45) is 4.00. The number of fused-ring (bicyclic) bond motifs is 3. The number of benzene rings is 2. The molecule has 216 valence electrons. The lowest BCUT2D eigenvalue weighted by molar-refractivity contribution is 0.0981. The van der Waals surface area contributed by atoms with Crippen LogP contribution in [0, 0.1) is 12.7 Å². The molecule has 0 saturated heterocycles. The molecule has 6 rings (SSSR count). The highest BCUT2D eigenvalue weighted by atomic mass is 32.1. The predicted molar refractivity (Wildman–Crippen MR) is 165 cm³/mol. The van der Waals surface area contributed by atoms with Crippen molar-refractivity contribution in [2.45, 2.75) is 38.6 Å². The first-order valence-electron chi connectivity index (χ1n) is 14.3. The van der Waals surface area contributed by atoms with Gasteiger partial charge in [0.05, 0.1) is 22.9 Å². The van der Waals surface area contributed by atoms with E-state index in [-0.39, 0.29) is 17.5 Å². The van der Waals surface area contributed by atoms with Gasteiger partial charge in [0.1, 0.15) is 17.3 Å². The summed E-state index contributed by atoms with van der Waals surface area (Å²) in [5.41, 5.74) is 3.90. The van der Waals surface area contributed by atoms with Gasteiger partial charge in [-0.25, -0.2) is 9.37 Å². The smallest absolute Gasteiger partial charge is 0.276 e. The normalized spacial score (nSPS) is 14.4. The highest BCUT2D eigenvalue weighted by Gasteiger charge is 2.30. The fourth-order valence-electron chi connectivity index (χ4n) is 5.60. The molecule has 0 unspecified atom stereocenters. The second-order valence-electron chi connectivity index (χ2n) is 10.7. The number of anilines is 3. The van der Waals surface area contributed by atoms with Gasteiger partial charge in [-0.1, -0.05) is 36.4 Å². The van der Waals surface area contributed by atoms with Crippen LogP contribution in [-0.2, 0) is 11.2 Å². The van der Waals surface area contributed by atoms with Gasteiger partial charge in [0.25, 0.3) is 11.8 Å². The molecule has 2 aliphatic rings. The zero-order chi connectivity index (χ0) is 29.2. The minimum Gasteiger partial charge on any atom is -0.383 e. The lowest BCUT2D eigenvalue weighted by Gasteiger charge is -2.38. The SMILES string of the molecule is COCCN(c1cccc(C(=O)N2CCc3cc(C(=O)Nc4c(C)cccc4F)sc3-c3ccccc32)n1)C1CCC1. The van der Waals surface area contributed by atoms with E-state index in [1.54, 1.807) is 37.1 Å². The largest absolute Gasteiger partial charge is 0.383 e. The quantitative estimate of drug-likeness (QED) is 0.249. The first-order chi connectivity index (χ1) is 20.4. The molecule has 0 bridgehead atoms. The summed E-state index contributed by atoms with van der Waals surface area (Å²) in [7, 11) is 1.70. The monoisotopic (exact) mass is 584 g/mol. The number of hydrogen-bond acceptors (Lipinski definition) is 6. The number of carbonyl (C=O) groups excluding carboxylic acids is 2. The molecule has 1 fully saturated rings. The number of aryl methyl sites for hydroxylation is 1. The molecule has 7 nitrogen and oxygen atoms in total. The number of pyridine rings is 1. The molecule has 9 heteroatoms. The van der Waals surface area contributed by atoms with Crippen molar-refractivity contribution in [1.29, 1.82) is 0 Å². The maximum absolute atomic E-state index is 14.4. The molecule has 3 heterocycles. The molecule has 4 aromatic rings. The molecule has 0 atom stereocenters. The van der Waals surface area contributed by atoms with Crippen molar-refractivity contribution in [2.75, 3.05) is 41.9 Å². The van der Waals surface area contributed by atoms with E-state index in [0.717, 1.165) is 46.9 Å². The number of nitrogens with one attached hydrogen (secondary N) is 1. The zero-order valence-electron chi connectivity index (χ0n) is 23.7. The van der Waals surface area contributed by atoms with Crippen molar-refractivity contribution in [2.24, 2.45) is 0 Å². The number of aromatic nitrogens is 1. The minimum atomic E-state index is -0.465. The van der Waals surface area contributed by atoms with Crippen molar-refractivity contribution >= 4 is 40.3 Å². The molecule has 2 amide bonds. The Morgan fingerprint density at radius 1 is 1.12 bits per heavy atom. The molecule has 0 spiro atoms. The number of nitrogens with zero attached hydrogens (tertiary/aromatic N) is 3. The van der Waals surface area contributed by atoms with Crippen LogP contribution < -0.4 is 15.1 Å². The third-order valence-corrected chi connectivity index (χ3v) is 9.29. The van der Waals surface area contributed by atoms with Crippen LogP contribution >= 0.6 is 11.3 Å².